The van der Waals surface area contributed by atoms with E-state index in [4.69, 9.17) is 4.98 Å². The maximum atomic E-state index is 12.1. The number of aryl methyl sites for hydroxylation is 1. The van der Waals surface area contributed by atoms with Gasteiger partial charge < -0.3 is 10.3 Å². The first kappa shape index (κ1) is 22.7. The number of hydrogen-bond donors (Lipinski definition) is 2. The van der Waals surface area contributed by atoms with E-state index in [0.29, 0.717) is 6.54 Å². The molecule has 1 aliphatic heterocycles. The first-order valence-corrected chi connectivity index (χ1v) is 11.3. The smallest absolute Gasteiger partial charge is 0.234 e. The van der Waals surface area contributed by atoms with E-state index in [-0.39, 0.29) is 17.2 Å². The number of nitrogens with one attached hydrogen (secondary N) is 2. The summed E-state index contributed by atoms with van der Waals surface area (Å²) in [5.74, 6) is 0.166. The monoisotopic (exact) mass is 431 g/mol. The van der Waals surface area contributed by atoms with Gasteiger partial charge in [0.1, 0.15) is 5.01 Å². The zero-order chi connectivity index (χ0) is 22.1. The summed E-state index contributed by atoms with van der Waals surface area (Å²) < 4.78 is 0. The molecule has 1 fully saturated rings. The highest BCUT2D eigenvalue weighted by atomic mass is 32.1. The third-order valence-electron chi connectivity index (χ3n) is 5.30. The Morgan fingerprint density at radius 1 is 1.17 bits per heavy atom. The zero-order valence-electron chi connectivity index (χ0n) is 18.9. The van der Waals surface area contributed by atoms with Gasteiger partial charge in [-0.25, -0.2) is 4.98 Å². The molecule has 0 spiro atoms. The molecule has 1 saturated heterocycles. The summed E-state index contributed by atoms with van der Waals surface area (Å²) in [6.07, 6.45) is 0. The number of aromatic amines is 1. The SMILES string of the molecule is CC(=O)c1c(C)[nH]c(-c2csc(CN3CCN(CC(=O)NC(C)(C)C)CC3)n2)c1C. The van der Waals surface area contributed by atoms with E-state index >= 15 is 0 Å². The minimum atomic E-state index is -0.192. The molecule has 0 unspecified atom stereocenters. The van der Waals surface area contributed by atoms with Crippen LogP contribution < -0.4 is 5.32 Å². The number of carbonyl (C=O) groups is 2. The number of H-pyrrole nitrogens is 1. The molecule has 0 aromatic carbocycles. The largest absolute Gasteiger partial charge is 0.356 e. The van der Waals surface area contributed by atoms with Crippen LogP contribution in [0.3, 0.4) is 0 Å². The number of Topliss-reactive ketones (excluding diaryl/α,β-unsaturated/α-hetero) is 1. The van der Waals surface area contributed by atoms with Crippen molar-refractivity contribution in [2.45, 2.75) is 53.6 Å². The Morgan fingerprint density at radius 2 is 1.80 bits per heavy atom. The molecule has 8 heteroatoms. The summed E-state index contributed by atoms with van der Waals surface area (Å²) in [7, 11) is 0. The second kappa shape index (κ2) is 8.99. The van der Waals surface area contributed by atoms with E-state index < -0.39 is 0 Å². The molecule has 3 heterocycles. The van der Waals surface area contributed by atoms with Crippen molar-refractivity contribution in [1.29, 1.82) is 0 Å². The van der Waals surface area contributed by atoms with Crippen molar-refractivity contribution in [3.63, 3.8) is 0 Å². The minimum Gasteiger partial charge on any atom is -0.356 e. The van der Waals surface area contributed by atoms with Crippen LogP contribution in [-0.2, 0) is 11.3 Å². The normalized spacial score (nSPS) is 16.1. The summed E-state index contributed by atoms with van der Waals surface area (Å²) in [6, 6.07) is 0. The molecule has 2 aromatic heterocycles. The molecule has 2 N–H and O–H groups in total. The average molecular weight is 432 g/mol. The highest BCUT2D eigenvalue weighted by Gasteiger charge is 2.22. The summed E-state index contributed by atoms with van der Waals surface area (Å²) in [5, 5.41) is 6.16. The van der Waals surface area contributed by atoms with Gasteiger partial charge in [-0.15, -0.1) is 11.3 Å². The maximum absolute atomic E-state index is 12.1. The number of aromatic nitrogens is 2. The number of rotatable bonds is 6. The molecule has 0 saturated carbocycles. The highest BCUT2D eigenvalue weighted by Crippen LogP contribution is 2.29. The van der Waals surface area contributed by atoms with Crippen molar-refractivity contribution in [1.82, 2.24) is 25.1 Å². The third kappa shape index (κ3) is 5.56. The van der Waals surface area contributed by atoms with Crippen LogP contribution in [0.1, 0.15) is 54.3 Å². The molecule has 7 nitrogen and oxygen atoms in total. The van der Waals surface area contributed by atoms with E-state index in [1.165, 1.54) is 0 Å². The lowest BCUT2D eigenvalue weighted by Gasteiger charge is -2.34. The molecule has 0 radical (unpaired) electrons. The lowest BCUT2D eigenvalue weighted by molar-refractivity contribution is -0.124. The summed E-state index contributed by atoms with van der Waals surface area (Å²) in [5.41, 5.74) is 4.29. The molecule has 0 bridgehead atoms. The fourth-order valence-corrected chi connectivity index (χ4v) is 4.82. The Labute approximate surface area is 182 Å². The molecule has 2 aromatic rings. The Bertz CT molecular complexity index is 917. The maximum Gasteiger partial charge on any atom is 0.234 e. The predicted octanol–water partition coefficient (Wildman–Crippen LogP) is 2.99. The molecule has 1 aliphatic rings. The number of amides is 1. The van der Waals surface area contributed by atoms with Gasteiger partial charge in [0.25, 0.3) is 0 Å². The Balaban J connectivity index is 1.55. The molecule has 0 atom stereocenters. The topological polar surface area (TPSA) is 81.3 Å². The standard InChI is InChI=1S/C22H33N5O2S/c1-14-20(16(3)28)15(2)23-21(14)17-13-30-19(24-17)12-27-9-7-26(8-10-27)11-18(29)25-22(4,5)6/h13,23H,7-12H2,1-6H3,(H,25,29). The van der Waals surface area contributed by atoms with Gasteiger partial charge >= 0.3 is 0 Å². The molecule has 0 aliphatic carbocycles. The van der Waals surface area contributed by atoms with Gasteiger partial charge in [-0.1, -0.05) is 0 Å². The van der Waals surface area contributed by atoms with Crippen molar-refractivity contribution >= 4 is 23.0 Å². The zero-order valence-corrected chi connectivity index (χ0v) is 19.7. The summed E-state index contributed by atoms with van der Waals surface area (Å²) in [4.78, 5) is 36.8. The molecular weight excluding hydrogens is 398 g/mol. The third-order valence-corrected chi connectivity index (χ3v) is 6.14. The lowest BCUT2D eigenvalue weighted by Crippen LogP contribution is -2.51. The fraction of sp³-hybridized carbons (Fsp3) is 0.591. The number of ketones is 1. The molecule has 3 rings (SSSR count). The van der Waals surface area contributed by atoms with Gasteiger partial charge in [-0.05, 0) is 47.1 Å². The Kier molecular flexibility index (Phi) is 6.79. The van der Waals surface area contributed by atoms with Crippen LogP contribution in [0.15, 0.2) is 5.38 Å². The van der Waals surface area contributed by atoms with Gasteiger partial charge in [0.2, 0.25) is 5.91 Å². The quantitative estimate of drug-likeness (QED) is 0.687. The minimum absolute atomic E-state index is 0.0806. The van der Waals surface area contributed by atoms with Crippen molar-refractivity contribution in [2.24, 2.45) is 0 Å². The van der Waals surface area contributed by atoms with Crippen LogP contribution in [0, 0.1) is 13.8 Å². The van der Waals surface area contributed by atoms with Gasteiger partial charge in [0, 0.05) is 48.4 Å². The number of thiazole rings is 1. The molecule has 1 amide bonds. The number of piperazine rings is 1. The van der Waals surface area contributed by atoms with Gasteiger partial charge in [-0.2, -0.15) is 0 Å². The molecule has 30 heavy (non-hydrogen) atoms. The summed E-state index contributed by atoms with van der Waals surface area (Å²) in [6.45, 7) is 16.4. The van der Waals surface area contributed by atoms with Gasteiger partial charge in [0.15, 0.2) is 5.78 Å². The number of carbonyl (C=O) groups excluding carboxylic acids is 2. The van der Waals surface area contributed by atoms with Crippen molar-refractivity contribution in [3.8, 4) is 11.4 Å². The van der Waals surface area contributed by atoms with Crippen LogP contribution in [0.5, 0.6) is 0 Å². The van der Waals surface area contributed by atoms with Gasteiger partial charge in [0.05, 0.1) is 24.5 Å². The molecular formula is C22H33N5O2S. The Hall–Kier alpha value is -2.03. The van der Waals surface area contributed by atoms with E-state index in [1.54, 1.807) is 18.3 Å². The second-order valence-electron chi connectivity index (χ2n) is 9.16. The molecule has 164 valence electrons. The van der Waals surface area contributed by atoms with E-state index in [9.17, 15) is 9.59 Å². The lowest BCUT2D eigenvalue weighted by atomic mass is 10.1. The van der Waals surface area contributed by atoms with E-state index in [1.807, 2.05) is 34.6 Å². The average Bonchev–Trinajstić information content (AvgIpc) is 3.18. The van der Waals surface area contributed by atoms with Crippen LogP contribution >= 0.6 is 11.3 Å². The van der Waals surface area contributed by atoms with Crippen molar-refractivity contribution in [3.05, 3.63) is 27.2 Å². The van der Waals surface area contributed by atoms with Gasteiger partial charge in [-0.3, -0.25) is 19.4 Å². The highest BCUT2D eigenvalue weighted by molar-refractivity contribution is 7.09. The second-order valence-corrected chi connectivity index (χ2v) is 10.1. The first-order chi connectivity index (χ1) is 14.0. The van der Waals surface area contributed by atoms with Crippen molar-refractivity contribution < 1.29 is 9.59 Å². The van der Waals surface area contributed by atoms with Crippen LogP contribution in [-0.4, -0.2) is 69.7 Å². The number of nitrogens with zero attached hydrogens (tertiary/aromatic N) is 3. The van der Waals surface area contributed by atoms with Crippen LogP contribution in [0.4, 0.5) is 0 Å². The van der Waals surface area contributed by atoms with Crippen molar-refractivity contribution in [2.75, 3.05) is 32.7 Å². The number of hydrogen-bond acceptors (Lipinski definition) is 6. The predicted molar refractivity (Wildman–Crippen MR) is 121 cm³/mol. The van der Waals surface area contributed by atoms with Crippen LogP contribution in [0.2, 0.25) is 0 Å². The van der Waals surface area contributed by atoms with E-state index in [2.05, 4.69) is 25.5 Å². The fourth-order valence-electron chi connectivity index (χ4n) is 3.99. The summed E-state index contributed by atoms with van der Waals surface area (Å²) >= 11 is 1.65. The van der Waals surface area contributed by atoms with Crippen LogP contribution in [0.25, 0.3) is 11.4 Å². The Morgan fingerprint density at radius 3 is 2.37 bits per heavy atom. The van der Waals surface area contributed by atoms with E-state index in [0.717, 1.165) is 65.9 Å². The first-order valence-electron chi connectivity index (χ1n) is 10.4.